The summed E-state index contributed by atoms with van der Waals surface area (Å²) >= 11 is 0. The molecule has 2 heterocycles. The second kappa shape index (κ2) is 10.9. The first kappa shape index (κ1) is 31.9. The Kier molecular flexibility index (Phi) is 8.13. The number of ether oxygens (including phenoxy) is 1. The zero-order valence-corrected chi connectivity index (χ0v) is 24.3. The molecule has 2 N–H and O–H groups in total. The summed E-state index contributed by atoms with van der Waals surface area (Å²) in [6.07, 6.45) is 1.22. The Morgan fingerprint density at radius 2 is 1.81 bits per heavy atom. The third-order valence-electron chi connectivity index (χ3n) is 6.96. The van der Waals surface area contributed by atoms with Gasteiger partial charge in [0.05, 0.1) is 13.0 Å². The van der Waals surface area contributed by atoms with Crippen LogP contribution in [0.5, 0.6) is 5.75 Å². The number of aromatic nitrogens is 1. The van der Waals surface area contributed by atoms with Crippen molar-refractivity contribution in [2.75, 3.05) is 39.1 Å². The van der Waals surface area contributed by atoms with Crippen LogP contribution >= 0.6 is 10.2 Å². The van der Waals surface area contributed by atoms with Gasteiger partial charge in [-0.2, -0.15) is 0 Å². The van der Waals surface area contributed by atoms with E-state index in [0.29, 0.717) is 17.5 Å². The lowest BCUT2D eigenvalue weighted by molar-refractivity contribution is -0.115. The van der Waals surface area contributed by atoms with Crippen molar-refractivity contribution in [2.45, 2.75) is 30.7 Å². The number of likely N-dealkylation sites (N-methyl/N-ethyl adjacent to an activating group) is 1. The molecule has 0 spiro atoms. The van der Waals surface area contributed by atoms with E-state index in [9.17, 15) is 38.2 Å². The van der Waals surface area contributed by atoms with Crippen LogP contribution in [0.2, 0.25) is 0 Å². The van der Waals surface area contributed by atoms with E-state index in [1.165, 1.54) is 29.3 Å². The van der Waals surface area contributed by atoms with E-state index in [1.54, 1.807) is 21.0 Å². The first-order valence-electron chi connectivity index (χ1n) is 13.1. The second-order valence-corrected chi connectivity index (χ2v) is 12.8. The molecule has 1 saturated heterocycles. The molecule has 0 saturated carbocycles. The third-order valence-corrected chi connectivity index (χ3v) is 8.09. The lowest BCUT2D eigenvalue weighted by Gasteiger charge is -2.41. The number of halogens is 6. The van der Waals surface area contributed by atoms with Crippen LogP contribution < -0.4 is 15.6 Å². The third kappa shape index (κ3) is 7.70. The van der Waals surface area contributed by atoms with Gasteiger partial charge in [0.15, 0.2) is 0 Å². The smallest absolute Gasteiger partial charge is 0.310 e. The fraction of sp³-hybridized carbons (Fsp3) is 0.321. The molecule has 43 heavy (non-hydrogen) atoms. The predicted molar refractivity (Wildman–Crippen MR) is 152 cm³/mol. The van der Waals surface area contributed by atoms with Crippen molar-refractivity contribution in [2.24, 2.45) is 0 Å². The summed E-state index contributed by atoms with van der Waals surface area (Å²) in [5.41, 5.74) is -1.24. The molecular weight excluding hydrogens is 602 g/mol. The van der Waals surface area contributed by atoms with E-state index in [2.05, 4.69) is 10.3 Å². The van der Waals surface area contributed by atoms with Gasteiger partial charge in [0.1, 0.15) is 16.5 Å². The molecule has 1 fully saturated rings. The number of anilines is 1. The Labute approximate surface area is 243 Å². The monoisotopic (exact) mass is 632 g/mol. The molecule has 234 valence electrons. The van der Waals surface area contributed by atoms with Crippen molar-refractivity contribution in [1.29, 1.82) is 0 Å². The number of nitrogens with one attached hydrogen (secondary N) is 2. The molecule has 0 bridgehead atoms. The number of amides is 2. The van der Waals surface area contributed by atoms with Gasteiger partial charge in [-0.1, -0.05) is 31.6 Å². The van der Waals surface area contributed by atoms with Gasteiger partial charge in [-0.05, 0) is 62.8 Å². The Bertz CT molecular complexity index is 1630. The Morgan fingerprint density at radius 3 is 2.42 bits per heavy atom. The van der Waals surface area contributed by atoms with Crippen LogP contribution in [0.25, 0.3) is 11.1 Å². The molecule has 0 unspecified atom stereocenters. The first-order chi connectivity index (χ1) is 19.8. The van der Waals surface area contributed by atoms with Crippen molar-refractivity contribution in [3.63, 3.8) is 0 Å². The highest BCUT2D eigenvalue weighted by Crippen LogP contribution is 3.02. The van der Waals surface area contributed by atoms with Crippen LogP contribution in [0.3, 0.4) is 0 Å². The Balaban J connectivity index is 1.59. The lowest BCUT2D eigenvalue weighted by Crippen LogP contribution is -2.34. The molecule has 2 aromatic carbocycles. The summed E-state index contributed by atoms with van der Waals surface area (Å²) in [6.45, 7) is 2.34. The molecule has 1 aliphatic heterocycles. The fourth-order valence-electron chi connectivity index (χ4n) is 4.74. The van der Waals surface area contributed by atoms with Crippen molar-refractivity contribution >= 4 is 27.7 Å². The summed E-state index contributed by atoms with van der Waals surface area (Å²) in [7, 11) is -6.70. The largest absolute Gasteiger partial charge is 0.493 e. The number of nitrogens with zero attached hydrogens (tertiary/aromatic N) is 2. The number of carbonyl (C=O) groups is 2. The quantitative estimate of drug-likeness (QED) is 0.274. The number of H-pyrrole nitrogens is 1. The van der Waals surface area contributed by atoms with Gasteiger partial charge in [0, 0.05) is 48.2 Å². The highest BCUT2D eigenvalue weighted by atomic mass is 32.5. The highest BCUT2D eigenvalue weighted by Gasteiger charge is 2.65. The number of likely N-dealkylation sites (tertiary alicyclic amines) is 1. The number of aromatic amines is 1. The average Bonchev–Trinajstić information content (AvgIpc) is 3.39. The minimum Gasteiger partial charge on any atom is -0.493 e. The molecule has 1 aromatic heterocycles. The molecule has 4 rings (SSSR count). The van der Waals surface area contributed by atoms with Gasteiger partial charge in [-0.25, -0.2) is 4.39 Å². The number of carbonyl (C=O) groups excluding carboxylic acids is 2. The van der Waals surface area contributed by atoms with Gasteiger partial charge in [0.25, 0.3) is 11.5 Å². The normalized spacial score (nSPS) is 17.0. The van der Waals surface area contributed by atoms with Crippen LogP contribution in [0.15, 0.2) is 58.4 Å². The van der Waals surface area contributed by atoms with Gasteiger partial charge < -0.3 is 24.8 Å². The van der Waals surface area contributed by atoms with Gasteiger partial charge >= 0.3 is 10.2 Å². The van der Waals surface area contributed by atoms with Crippen molar-refractivity contribution in [3.8, 4) is 16.9 Å². The number of benzene rings is 2. The second-order valence-electron chi connectivity index (χ2n) is 10.4. The van der Waals surface area contributed by atoms with Crippen LogP contribution in [0, 0.1) is 5.82 Å². The zero-order valence-electron chi connectivity index (χ0n) is 23.4. The van der Waals surface area contributed by atoms with E-state index < -0.39 is 56.0 Å². The minimum atomic E-state index is -10.3. The van der Waals surface area contributed by atoms with E-state index in [-0.39, 0.29) is 49.2 Å². The van der Waals surface area contributed by atoms with E-state index in [0.717, 1.165) is 12.1 Å². The number of pyridine rings is 1. The maximum Gasteiger partial charge on any atom is 0.310 e. The summed E-state index contributed by atoms with van der Waals surface area (Å²) in [5.74, 6) is -2.53. The Hall–Kier alpha value is -3.98. The lowest BCUT2D eigenvalue weighted by atomic mass is 10.0. The molecule has 1 atom stereocenters. The van der Waals surface area contributed by atoms with Crippen molar-refractivity contribution in [1.82, 2.24) is 14.8 Å². The zero-order chi connectivity index (χ0) is 31.8. The maximum atomic E-state index is 15.0. The minimum absolute atomic E-state index is 0.0573. The van der Waals surface area contributed by atoms with Crippen LogP contribution in [0.1, 0.15) is 29.3 Å². The topological polar surface area (TPSA) is 94.7 Å². The highest BCUT2D eigenvalue weighted by molar-refractivity contribution is 8.45. The van der Waals surface area contributed by atoms with E-state index in [1.807, 2.05) is 4.90 Å². The summed E-state index contributed by atoms with van der Waals surface area (Å²) in [4.78, 5) is 40.6. The predicted octanol–water partition coefficient (Wildman–Crippen LogP) is 6.19. The molecule has 3 aromatic rings. The standard InChI is InChI=1S/C28H30F6N4O4S/c1-4-42-25-14-26(39)35-15-23(25)17-5-6-18(24(29)11-17)12-27(40)36-20-9-19(10-22(13-20)43(30,31,32,33)34)28(41)38-8-7-21(16-38)37(2)3/h5-6,9-11,13-15,21H,4,7-8,12,16H2,1-3H3,(H,35,39)(H,36,40)/t21-/m0/s1. The number of hydrogen-bond acceptors (Lipinski definition) is 5. The summed E-state index contributed by atoms with van der Waals surface area (Å²) < 4.78 is 89.5. The van der Waals surface area contributed by atoms with Crippen LogP contribution in [-0.4, -0.2) is 66.4 Å². The molecule has 15 heteroatoms. The van der Waals surface area contributed by atoms with Crippen LogP contribution in [-0.2, 0) is 11.2 Å². The summed E-state index contributed by atoms with van der Waals surface area (Å²) in [5, 5.41) is 2.10. The Morgan fingerprint density at radius 1 is 1.09 bits per heavy atom. The average molecular weight is 633 g/mol. The SMILES string of the molecule is CCOc1cc(=O)[nH]cc1-c1ccc(CC(=O)Nc2cc(C(=O)N3CC[C@H](N(C)C)C3)cc(S(F)(F)(F)(F)F)c2)c(F)c1. The molecule has 1 aliphatic rings. The summed E-state index contributed by atoms with van der Waals surface area (Å²) in [6, 6.07) is 5.98. The van der Waals surface area contributed by atoms with Crippen molar-refractivity contribution in [3.05, 3.63) is 76.0 Å². The molecule has 2 amide bonds. The van der Waals surface area contributed by atoms with Gasteiger partial charge in [-0.15, -0.1) is 0 Å². The van der Waals surface area contributed by atoms with Gasteiger partial charge in [0.2, 0.25) is 5.91 Å². The van der Waals surface area contributed by atoms with Gasteiger partial charge in [-0.3, -0.25) is 14.4 Å². The maximum absolute atomic E-state index is 15.0. The van der Waals surface area contributed by atoms with Crippen LogP contribution in [0.4, 0.5) is 29.5 Å². The first-order valence-corrected chi connectivity index (χ1v) is 15.1. The fourth-order valence-corrected chi connectivity index (χ4v) is 5.44. The van der Waals surface area contributed by atoms with E-state index >= 15 is 0 Å². The number of rotatable bonds is 9. The van der Waals surface area contributed by atoms with E-state index in [4.69, 9.17) is 4.74 Å². The molecule has 8 nitrogen and oxygen atoms in total. The van der Waals surface area contributed by atoms with Crippen molar-refractivity contribution < 1.29 is 38.1 Å². The molecule has 0 aliphatic carbocycles. The molecular formula is C28H30F6N4O4S. The number of hydrogen-bond donors (Lipinski definition) is 2. The molecule has 0 radical (unpaired) electrons.